The second kappa shape index (κ2) is 10.3. The maximum atomic E-state index is 12.7. The molecule has 0 unspecified atom stereocenters. The number of methoxy groups -OCH3 is 1. The van der Waals surface area contributed by atoms with Gasteiger partial charge in [-0.2, -0.15) is 0 Å². The van der Waals surface area contributed by atoms with E-state index in [0.717, 1.165) is 19.3 Å². The highest BCUT2D eigenvalue weighted by molar-refractivity contribution is 5.96. The topological polar surface area (TPSA) is 59.1 Å². The van der Waals surface area contributed by atoms with Gasteiger partial charge in [0.25, 0.3) is 5.91 Å². The van der Waals surface area contributed by atoms with E-state index in [-0.39, 0.29) is 24.5 Å². The number of fused-ring (bicyclic) bond motifs is 1. The van der Waals surface area contributed by atoms with E-state index in [9.17, 15) is 9.59 Å². The Morgan fingerprint density at radius 1 is 1.26 bits per heavy atom. The molecule has 1 aliphatic rings. The minimum atomic E-state index is -0.0482. The monoisotopic (exact) mass is 376 g/mol. The third-order valence-electron chi connectivity index (χ3n) is 4.81. The van der Waals surface area contributed by atoms with Gasteiger partial charge in [-0.15, -0.1) is 0 Å². The molecule has 1 aromatic rings. The van der Waals surface area contributed by atoms with Crippen molar-refractivity contribution in [3.05, 3.63) is 29.8 Å². The van der Waals surface area contributed by atoms with Gasteiger partial charge in [-0.05, 0) is 37.3 Å². The molecule has 150 valence electrons. The molecule has 1 aromatic carbocycles. The maximum absolute atomic E-state index is 12.7. The van der Waals surface area contributed by atoms with E-state index >= 15 is 0 Å². The van der Waals surface area contributed by atoms with Crippen LogP contribution < -0.4 is 4.74 Å². The van der Waals surface area contributed by atoms with E-state index in [4.69, 9.17) is 9.47 Å². The van der Waals surface area contributed by atoms with Gasteiger partial charge in [0, 0.05) is 27.2 Å². The molecule has 2 rings (SSSR count). The fourth-order valence-electron chi connectivity index (χ4n) is 3.44. The van der Waals surface area contributed by atoms with Crippen LogP contribution in [0.1, 0.15) is 43.5 Å². The molecule has 1 atom stereocenters. The van der Waals surface area contributed by atoms with Gasteiger partial charge in [0.2, 0.25) is 5.91 Å². The van der Waals surface area contributed by atoms with E-state index in [2.05, 4.69) is 13.8 Å². The number of para-hydroxylation sites is 1. The van der Waals surface area contributed by atoms with Crippen LogP contribution in [0.5, 0.6) is 5.75 Å². The van der Waals surface area contributed by atoms with Gasteiger partial charge in [-0.3, -0.25) is 9.59 Å². The summed E-state index contributed by atoms with van der Waals surface area (Å²) in [5, 5.41) is 0. The standard InChI is InChI=1S/C21H32N2O4/c1-16(2)13-17-14-27-19-10-6-5-9-18(19)21(25)22(3)11-7-8-12-23(17)20(24)15-26-4/h5-6,9-10,16-17H,7-8,11-15H2,1-4H3/t17-/m0/s1. The highest BCUT2D eigenvalue weighted by Crippen LogP contribution is 2.23. The van der Waals surface area contributed by atoms with Crippen LogP contribution >= 0.6 is 0 Å². The van der Waals surface area contributed by atoms with Gasteiger partial charge in [-0.25, -0.2) is 0 Å². The molecule has 1 aliphatic heterocycles. The summed E-state index contributed by atoms with van der Waals surface area (Å²) in [5.41, 5.74) is 0.568. The number of carbonyl (C=O) groups is 2. The number of carbonyl (C=O) groups excluding carboxylic acids is 2. The Kier molecular flexibility index (Phi) is 8.10. The van der Waals surface area contributed by atoms with E-state index in [1.165, 1.54) is 0 Å². The Hall–Kier alpha value is -2.08. The normalized spacial score (nSPS) is 19.1. The molecule has 1 heterocycles. The van der Waals surface area contributed by atoms with Gasteiger partial charge in [0.1, 0.15) is 19.0 Å². The molecule has 0 saturated heterocycles. The van der Waals surface area contributed by atoms with Crippen LogP contribution in [0.25, 0.3) is 0 Å². The lowest BCUT2D eigenvalue weighted by Crippen LogP contribution is -2.47. The first-order chi connectivity index (χ1) is 12.9. The van der Waals surface area contributed by atoms with Crippen molar-refractivity contribution in [2.75, 3.05) is 40.5 Å². The van der Waals surface area contributed by atoms with E-state index in [0.29, 0.717) is 36.9 Å². The summed E-state index contributed by atoms with van der Waals surface area (Å²) in [7, 11) is 3.35. The highest BCUT2D eigenvalue weighted by atomic mass is 16.5. The predicted octanol–water partition coefficient (Wildman–Crippen LogP) is 2.82. The van der Waals surface area contributed by atoms with Crippen molar-refractivity contribution in [1.29, 1.82) is 0 Å². The van der Waals surface area contributed by atoms with Crippen LogP contribution in [0.4, 0.5) is 0 Å². The lowest BCUT2D eigenvalue weighted by atomic mass is 10.0. The van der Waals surface area contributed by atoms with Gasteiger partial charge >= 0.3 is 0 Å². The summed E-state index contributed by atoms with van der Waals surface area (Å²) in [6, 6.07) is 7.28. The van der Waals surface area contributed by atoms with Crippen molar-refractivity contribution in [3.8, 4) is 5.75 Å². The Labute approximate surface area is 162 Å². The van der Waals surface area contributed by atoms with Crippen molar-refractivity contribution in [2.45, 2.75) is 39.2 Å². The largest absolute Gasteiger partial charge is 0.491 e. The summed E-state index contributed by atoms with van der Waals surface area (Å²) in [5.74, 6) is 0.954. The first kappa shape index (κ1) is 21.2. The van der Waals surface area contributed by atoms with Crippen LogP contribution in [-0.2, 0) is 9.53 Å². The third-order valence-corrected chi connectivity index (χ3v) is 4.81. The molecule has 0 saturated carbocycles. The third kappa shape index (κ3) is 5.96. The smallest absolute Gasteiger partial charge is 0.257 e. The fourth-order valence-corrected chi connectivity index (χ4v) is 3.44. The van der Waals surface area contributed by atoms with E-state index in [1.807, 2.05) is 23.1 Å². The first-order valence-electron chi connectivity index (χ1n) is 9.69. The molecule has 0 spiro atoms. The summed E-state index contributed by atoms with van der Waals surface area (Å²) in [6.07, 6.45) is 2.52. The summed E-state index contributed by atoms with van der Waals surface area (Å²) >= 11 is 0. The first-order valence-corrected chi connectivity index (χ1v) is 9.69. The second-order valence-electron chi connectivity index (χ2n) is 7.54. The molecule has 6 nitrogen and oxygen atoms in total. The molecule has 0 bridgehead atoms. The van der Waals surface area contributed by atoms with Crippen LogP contribution in [0.15, 0.2) is 24.3 Å². The molecule has 0 N–H and O–H groups in total. The van der Waals surface area contributed by atoms with Crippen molar-refractivity contribution in [2.24, 2.45) is 5.92 Å². The molecule has 0 fully saturated rings. The molecule has 27 heavy (non-hydrogen) atoms. The van der Waals surface area contributed by atoms with Gasteiger partial charge in [0.05, 0.1) is 11.6 Å². The lowest BCUT2D eigenvalue weighted by molar-refractivity contribution is -0.138. The average molecular weight is 376 g/mol. The lowest BCUT2D eigenvalue weighted by Gasteiger charge is -2.34. The van der Waals surface area contributed by atoms with Crippen LogP contribution in [-0.4, -0.2) is 68.1 Å². The zero-order valence-electron chi connectivity index (χ0n) is 16.9. The average Bonchev–Trinajstić information content (AvgIpc) is 2.64. The van der Waals surface area contributed by atoms with Crippen LogP contribution in [0, 0.1) is 5.92 Å². The van der Waals surface area contributed by atoms with E-state index < -0.39 is 0 Å². The molecular formula is C21H32N2O4. The van der Waals surface area contributed by atoms with Crippen molar-refractivity contribution in [1.82, 2.24) is 9.80 Å². The molecule has 0 radical (unpaired) electrons. The highest BCUT2D eigenvalue weighted by Gasteiger charge is 2.26. The number of nitrogens with zero attached hydrogens (tertiary/aromatic N) is 2. The minimum Gasteiger partial charge on any atom is -0.491 e. The van der Waals surface area contributed by atoms with Crippen LogP contribution in [0.3, 0.4) is 0 Å². The number of hydrogen-bond donors (Lipinski definition) is 0. The quantitative estimate of drug-likeness (QED) is 0.811. The van der Waals surface area contributed by atoms with Crippen molar-refractivity contribution < 1.29 is 19.1 Å². The summed E-state index contributed by atoms with van der Waals surface area (Å²) < 4.78 is 11.2. The Morgan fingerprint density at radius 3 is 2.67 bits per heavy atom. The number of rotatable bonds is 4. The Bertz CT molecular complexity index is 632. The molecule has 0 aliphatic carbocycles. The Balaban J connectivity index is 2.31. The SMILES string of the molecule is COCC(=O)N1CCCCN(C)C(=O)c2ccccc2OC[C@@H]1CC(C)C. The predicted molar refractivity (Wildman–Crippen MR) is 105 cm³/mol. The number of hydrogen-bond acceptors (Lipinski definition) is 4. The fraction of sp³-hybridized carbons (Fsp3) is 0.619. The minimum absolute atomic E-state index is 0.0125. The Morgan fingerprint density at radius 2 is 1.96 bits per heavy atom. The zero-order valence-corrected chi connectivity index (χ0v) is 16.9. The molecule has 6 heteroatoms. The van der Waals surface area contributed by atoms with Gasteiger partial charge < -0.3 is 19.3 Å². The molecule has 0 aromatic heterocycles. The number of benzene rings is 1. The van der Waals surface area contributed by atoms with Gasteiger partial charge in [-0.1, -0.05) is 26.0 Å². The molecular weight excluding hydrogens is 344 g/mol. The number of ether oxygens (including phenoxy) is 2. The second-order valence-corrected chi connectivity index (χ2v) is 7.54. The summed E-state index contributed by atoms with van der Waals surface area (Å²) in [6.45, 7) is 6.01. The maximum Gasteiger partial charge on any atom is 0.257 e. The van der Waals surface area contributed by atoms with E-state index in [1.54, 1.807) is 25.1 Å². The van der Waals surface area contributed by atoms with Crippen LogP contribution in [0.2, 0.25) is 0 Å². The number of amides is 2. The van der Waals surface area contributed by atoms with Crippen molar-refractivity contribution >= 4 is 11.8 Å². The molecule has 2 amide bonds. The van der Waals surface area contributed by atoms with Gasteiger partial charge in [0.15, 0.2) is 0 Å². The summed E-state index contributed by atoms with van der Waals surface area (Å²) in [4.78, 5) is 29.0. The van der Waals surface area contributed by atoms with Crippen molar-refractivity contribution in [3.63, 3.8) is 0 Å². The zero-order chi connectivity index (χ0) is 19.8.